The molecule has 3 rings (SSSR count). The van der Waals surface area contributed by atoms with Crippen molar-refractivity contribution in [1.29, 1.82) is 0 Å². The molecule has 1 N–H and O–H groups in total. The molecule has 1 unspecified atom stereocenters. The van der Waals surface area contributed by atoms with Crippen LogP contribution in [0.5, 0.6) is 0 Å². The molecule has 0 bridgehead atoms. The zero-order valence-corrected chi connectivity index (χ0v) is 12.3. The molecule has 1 aliphatic heterocycles. The van der Waals surface area contributed by atoms with Crippen LogP contribution < -0.4 is 5.32 Å². The van der Waals surface area contributed by atoms with Crippen molar-refractivity contribution in [2.45, 2.75) is 25.3 Å². The number of morpholine rings is 1. The minimum absolute atomic E-state index is 0.0434. The number of hydrogen-bond donors (Lipinski definition) is 1. The summed E-state index contributed by atoms with van der Waals surface area (Å²) in [4.78, 5) is 18.7. The molecule has 1 fully saturated rings. The third-order valence-electron chi connectivity index (χ3n) is 4.01. The summed E-state index contributed by atoms with van der Waals surface area (Å²) < 4.78 is 10.6. The number of aromatic nitrogens is 1. The Morgan fingerprint density at radius 2 is 2.43 bits per heavy atom. The van der Waals surface area contributed by atoms with Crippen LogP contribution in [0, 0.1) is 0 Å². The van der Waals surface area contributed by atoms with Crippen molar-refractivity contribution in [1.82, 2.24) is 9.88 Å². The van der Waals surface area contributed by atoms with Gasteiger partial charge in [0.2, 0.25) is 0 Å². The lowest BCUT2D eigenvalue weighted by Gasteiger charge is -2.34. The fraction of sp³-hybridized carbons (Fsp3) is 0.600. The van der Waals surface area contributed by atoms with Gasteiger partial charge in [-0.15, -0.1) is 0 Å². The summed E-state index contributed by atoms with van der Waals surface area (Å²) in [6.07, 6.45) is 3.25. The number of amides is 2. The Hall–Kier alpha value is -1.66. The summed E-state index contributed by atoms with van der Waals surface area (Å²) in [7, 11) is 1.63. The van der Waals surface area contributed by atoms with E-state index in [0.717, 1.165) is 25.0 Å². The normalized spacial score (nSPS) is 21.2. The molecule has 1 saturated heterocycles. The first kappa shape index (κ1) is 14.3. The number of rotatable bonds is 3. The smallest absolute Gasteiger partial charge is 0.323 e. The number of nitrogens with one attached hydrogen (secondary N) is 1. The summed E-state index contributed by atoms with van der Waals surface area (Å²) in [6.45, 7) is 2.12. The Balaban J connectivity index is 1.67. The molecular weight excluding hydrogens is 270 g/mol. The van der Waals surface area contributed by atoms with Gasteiger partial charge >= 0.3 is 6.03 Å². The van der Waals surface area contributed by atoms with Gasteiger partial charge in [-0.2, -0.15) is 0 Å². The molecule has 6 nitrogen and oxygen atoms in total. The molecule has 0 spiro atoms. The first-order valence-corrected chi connectivity index (χ1v) is 7.41. The van der Waals surface area contributed by atoms with Gasteiger partial charge in [0.15, 0.2) is 0 Å². The number of carbonyl (C=O) groups is 1. The average Bonchev–Trinajstić information content (AvgIpc) is 2.95. The van der Waals surface area contributed by atoms with Gasteiger partial charge in [-0.3, -0.25) is 5.32 Å². The van der Waals surface area contributed by atoms with Crippen molar-refractivity contribution in [3.05, 3.63) is 23.4 Å². The van der Waals surface area contributed by atoms with Crippen LogP contribution in [0.4, 0.5) is 10.6 Å². The quantitative estimate of drug-likeness (QED) is 0.915. The second-order valence-electron chi connectivity index (χ2n) is 5.46. The Labute approximate surface area is 124 Å². The fourth-order valence-corrected chi connectivity index (χ4v) is 2.92. The Bertz CT molecular complexity index is 519. The van der Waals surface area contributed by atoms with E-state index in [-0.39, 0.29) is 12.1 Å². The van der Waals surface area contributed by atoms with Crippen LogP contribution in [0.25, 0.3) is 0 Å². The van der Waals surface area contributed by atoms with E-state index >= 15 is 0 Å². The average molecular weight is 291 g/mol. The van der Waals surface area contributed by atoms with Gasteiger partial charge in [-0.05, 0) is 30.9 Å². The van der Waals surface area contributed by atoms with Crippen LogP contribution in [-0.2, 0) is 22.3 Å². The maximum absolute atomic E-state index is 12.4. The number of pyridine rings is 1. The molecule has 1 aromatic rings. The van der Waals surface area contributed by atoms with Crippen molar-refractivity contribution in [2.75, 3.05) is 38.8 Å². The van der Waals surface area contributed by atoms with Crippen molar-refractivity contribution in [3.8, 4) is 0 Å². The second kappa shape index (κ2) is 6.41. The summed E-state index contributed by atoms with van der Waals surface area (Å²) in [5, 5.41) is 2.89. The standard InChI is InChI=1S/C15H21N3O3/c1-20-9-12-10-21-8-7-18(12)15(19)17-14-6-5-11-3-2-4-13(11)16-14/h5-6,12H,2-4,7-10H2,1H3,(H,16,17,19). The molecule has 1 atom stereocenters. The lowest BCUT2D eigenvalue weighted by molar-refractivity contribution is -0.0133. The monoisotopic (exact) mass is 291 g/mol. The molecule has 114 valence electrons. The Kier molecular flexibility index (Phi) is 4.36. The summed E-state index contributed by atoms with van der Waals surface area (Å²) in [6, 6.07) is 3.77. The molecule has 0 radical (unpaired) electrons. The van der Waals surface area contributed by atoms with Crippen molar-refractivity contribution < 1.29 is 14.3 Å². The van der Waals surface area contributed by atoms with Crippen LogP contribution >= 0.6 is 0 Å². The van der Waals surface area contributed by atoms with Gasteiger partial charge in [-0.1, -0.05) is 6.07 Å². The number of urea groups is 1. The Morgan fingerprint density at radius 1 is 1.52 bits per heavy atom. The van der Waals surface area contributed by atoms with Crippen LogP contribution in [0.15, 0.2) is 12.1 Å². The predicted octanol–water partition coefficient (Wildman–Crippen LogP) is 1.45. The number of nitrogens with zero attached hydrogens (tertiary/aromatic N) is 2. The number of hydrogen-bond acceptors (Lipinski definition) is 4. The van der Waals surface area contributed by atoms with Crippen molar-refractivity contribution in [3.63, 3.8) is 0 Å². The fourth-order valence-electron chi connectivity index (χ4n) is 2.92. The highest BCUT2D eigenvalue weighted by molar-refractivity contribution is 5.88. The van der Waals surface area contributed by atoms with Crippen molar-refractivity contribution in [2.24, 2.45) is 0 Å². The van der Waals surface area contributed by atoms with E-state index in [1.165, 1.54) is 5.56 Å². The zero-order chi connectivity index (χ0) is 14.7. The molecule has 21 heavy (non-hydrogen) atoms. The van der Waals surface area contributed by atoms with Gasteiger partial charge in [0, 0.05) is 19.3 Å². The molecule has 0 aromatic carbocycles. The predicted molar refractivity (Wildman–Crippen MR) is 78.5 cm³/mol. The number of ether oxygens (including phenoxy) is 2. The first-order valence-electron chi connectivity index (χ1n) is 7.41. The van der Waals surface area contributed by atoms with Gasteiger partial charge in [0.05, 0.1) is 25.9 Å². The number of carbonyl (C=O) groups excluding carboxylic acids is 1. The third kappa shape index (κ3) is 3.16. The van der Waals surface area contributed by atoms with Gasteiger partial charge in [0.1, 0.15) is 5.82 Å². The maximum atomic E-state index is 12.4. The van der Waals surface area contributed by atoms with E-state index < -0.39 is 0 Å². The molecule has 0 saturated carbocycles. The largest absolute Gasteiger partial charge is 0.382 e. The minimum Gasteiger partial charge on any atom is -0.382 e. The van der Waals surface area contributed by atoms with Crippen LogP contribution in [0.2, 0.25) is 0 Å². The van der Waals surface area contributed by atoms with E-state index in [1.54, 1.807) is 12.0 Å². The van der Waals surface area contributed by atoms with Crippen molar-refractivity contribution >= 4 is 11.8 Å². The molecular formula is C15H21N3O3. The van der Waals surface area contributed by atoms with Gasteiger partial charge < -0.3 is 14.4 Å². The lowest BCUT2D eigenvalue weighted by atomic mass is 10.2. The molecule has 6 heteroatoms. The van der Waals surface area contributed by atoms with E-state index in [4.69, 9.17) is 9.47 Å². The minimum atomic E-state index is -0.134. The first-order chi connectivity index (χ1) is 10.3. The molecule has 2 amide bonds. The number of aryl methyl sites for hydroxylation is 2. The van der Waals surface area contributed by atoms with E-state index in [9.17, 15) is 4.79 Å². The summed E-state index contributed by atoms with van der Waals surface area (Å²) in [5.41, 5.74) is 2.42. The van der Waals surface area contributed by atoms with E-state index in [0.29, 0.717) is 32.2 Å². The highest BCUT2D eigenvalue weighted by atomic mass is 16.5. The van der Waals surface area contributed by atoms with Crippen LogP contribution in [0.1, 0.15) is 17.7 Å². The topological polar surface area (TPSA) is 63.7 Å². The van der Waals surface area contributed by atoms with Crippen LogP contribution in [0.3, 0.4) is 0 Å². The molecule has 1 aliphatic carbocycles. The van der Waals surface area contributed by atoms with E-state index in [1.807, 2.05) is 6.07 Å². The highest BCUT2D eigenvalue weighted by Gasteiger charge is 2.27. The zero-order valence-electron chi connectivity index (χ0n) is 12.3. The second-order valence-corrected chi connectivity index (χ2v) is 5.46. The number of fused-ring (bicyclic) bond motifs is 1. The SMILES string of the molecule is COCC1COCCN1C(=O)Nc1ccc2c(n1)CCC2. The van der Waals surface area contributed by atoms with Crippen LogP contribution in [-0.4, -0.2) is 55.4 Å². The number of methoxy groups -OCH3 is 1. The number of anilines is 1. The maximum Gasteiger partial charge on any atom is 0.323 e. The molecule has 2 heterocycles. The van der Waals surface area contributed by atoms with Gasteiger partial charge in [-0.25, -0.2) is 9.78 Å². The third-order valence-corrected chi connectivity index (χ3v) is 4.01. The lowest BCUT2D eigenvalue weighted by Crippen LogP contribution is -2.52. The molecule has 2 aliphatic rings. The van der Waals surface area contributed by atoms with Gasteiger partial charge in [0.25, 0.3) is 0 Å². The van der Waals surface area contributed by atoms with E-state index in [2.05, 4.69) is 16.4 Å². The molecule has 1 aromatic heterocycles. The summed E-state index contributed by atoms with van der Waals surface area (Å²) >= 11 is 0. The summed E-state index contributed by atoms with van der Waals surface area (Å²) in [5.74, 6) is 0.628. The highest BCUT2D eigenvalue weighted by Crippen LogP contribution is 2.22. The Morgan fingerprint density at radius 3 is 3.29 bits per heavy atom.